The normalized spacial score (nSPS) is 13.2. The minimum Gasteiger partial charge on any atom is -0.317 e. The summed E-state index contributed by atoms with van der Waals surface area (Å²) in [4.78, 5) is 4.35. The highest BCUT2D eigenvalue weighted by Crippen LogP contribution is 2.12. The number of nitrogens with one attached hydrogen (secondary N) is 1. The molecule has 4 nitrogen and oxygen atoms in total. The largest absolute Gasteiger partial charge is 0.317 e. The third kappa shape index (κ3) is 4.86. The Morgan fingerprint density at radius 1 is 1.29 bits per heavy atom. The maximum absolute atomic E-state index is 4.35. The first kappa shape index (κ1) is 14.2. The van der Waals surface area contributed by atoms with E-state index in [2.05, 4.69) is 43.1 Å². The van der Waals surface area contributed by atoms with E-state index in [1.54, 1.807) is 6.33 Å². The van der Waals surface area contributed by atoms with Gasteiger partial charge in [-0.05, 0) is 45.7 Å². The minimum atomic E-state index is 0.401. The topological polar surface area (TPSA) is 42.7 Å². The van der Waals surface area contributed by atoms with Crippen LogP contribution in [0.25, 0.3) is 0 Å². The summed E-state index contributed by atoms with van der Waals surface area (Å²) in [6.45, 7) is 11.0. The summed E-state index contributed by atoms with van der Waals surface area (Å²) in [6.07, 6.45) is 5.09. The molecule has 1 unspecified atom stereocenters. The fraction of sp³-hybridized carbons (Fsp3) is 0.846. The van der Waals surface area contributed by atoms with Crippen LogP contribution in [-0.2, 0) is 6.42 Å². The second-order valence-corrected chi connectivity index (χ2v) is 5.06. The van der Waals surface area contributed by atoms with Crippen molar-refractivity contribution < 1.29 is 0 Å². The van der Waals surface area contributed by atoms with E-state index in [4.69, 9.17) is 0 Å². The lowest BCUT2D eigenvalue weighted by molar-refractivity contribution is 0.447. The molecule has 0 saturated carbocycles. The molecule has 0 saturated heterocycles. The summed E-state index contributed by atoms with van der Waals surface area (Å²) in [5, 5.41) is 7.71. The van der Waals surface area contributed by atoms with E-state index in [0.29, 0.717) is 12.0 Å². The first-order valence-corrected chi connectivity index (χ1v) is 6.74. The lowest BCUT2D eigenvalue weighted by Gasteiger charge is -2.14. The van der Waals surface area contributed by atoms with Gasteiger partial charge in [-0.2, -0.15) is 5.10 Å². The van der Waals surface area contributed by atoms with Gasteiger partial charge in [0.15, 0.2) is 0 Å². The SMILES string of the molecule is CCCNCCC(C)Cc1ncnn1C(C)C. The van der Waals surface area contributed by atoms with E-state index in [1.807, 2.05) is 4.68 Å². The number of rotatable bonds is 8. The van der Waals surface area contributed by atoms with Gasteiger partial charge < -0.3 is 5.32 Å². The number of hydrogen-bond donors (Lipinski definition) is 1. The second kappa shape index (κ2) is 7.43. The van der Waals surface area contributed by atoms with Crippen LogP contribution in [0.2, 0.25) is 0 Å². The first-order chi connectivity index (χ1) is 8.15. The molecule has 0 bridgehead atoms. The van der Waals surface area contributed by atoms with Gasteiger partial charge in [-0.25, -0.2) is 9.67 Å². The molecule has 0 spiro atoms. The molecule has 0 amide bonds. The van der Waals surface area contributed by atoms with Gasteiger partial charge in [-0.1, -0.05) is 13.8 Å². The van der Waals surface area contributed by atoms with Gasteiger partial charge in [0.25, 0.3) is 0 Å². The molecule has 17 heavy (non-hydrogen) atoms. The highest BCUT2D eigenvalue weighted by Gasteiger charge is 2.11. The molecule has 98 valence electrons. The molecule has 0 aliphatic carbocycles. The molecular formula is C13H26N4. The third-order valence-corrected chi connectivity index (χ3v) is 2.91. The average molecular weight is 238 g/mol. The highest BCUT2D eigenvalue weighted by molar-refractivity contribution is 4.88. The summed E-state index contributed by atoms with van der Waals surface area (Å²) >= 11 is 0. The lowest BCUT2D eigenvalue weighted by atomic mass is 10.0. The fourth-order valence-electron chi connectivity index (χ4n) is 1.92. The Bertz CT molecular complexity index is 306. The van der Waals surface area contributed by atoms with Gasteiger partial charge in [0.05, 0.1) is 0 Å². The van der Waals surface area contributed by atoms with E-state index < -0.39 is 0 Å². The van der Waals surface area contributed by atoms with Crippen LogP contribution in [0.3, 0.4) is 0 Å². The predicted octanol–water partition coefficient (Wildman–Crippen LogP) is 2.43. The van der Waals surface area contributed by atoms with Crippen molar-refractivity contribution in [3.63, 3.8) is 0 Å². The van der Waals surface area contributed by atoms with Gasteiger partial charge in [0.2, 0.25) is 0 Å². The maximum atomic E-state index is 4.35. The van der Waals surface area contributed by atoms with Crippen LogP contribution in [-0.4, -0.2) is 27.9 Å². The number of aromatic nitrogens is 3. The van der Waals surface area contributed by atoms with Crippen molar-refractivity contribution in [3.8, 4) is 0 Å². The molecule has 1 aromatic rings. The molecule has 1 N–H and O–H groups in total. The molecule has 4 heteroatoms. The zero-order chi connectivity index (χ0) is 12.7. The van der Waals surface area contributed by atoms with Crippen molar-refractivity contribution in [3.05, 3.63) is 12.2 Å². The summed E-state index contributed by atoms with van der Waals surface area (Å²) < 4.78 is 2.02. The van der Waals surface area contributed by atoms with Crippen molar-refractivity contribution in [2.24, 2.45) is 5.92 Å². The van der Waals surface area contributed by atoms with Crippen molar-refractivity contribution in [1.29, 1.82) is 0 Å². The Morgan fingerprint density at radius 2 is 2.06 bits per heavy atom. The van der Waals surface area contributed by atoms with Crippen molar-refractivity contribution >= 4 is 0 Å². The molecule has 1 aromatic heterocycles. The Morgan fingerprint density at radius 3 is 2.71 bits per heavy atom. The molecule has 0 radical (unpaired) electrons. The van der Waals surface area contributed by atoms with E-state index in [-0.39, 0.29) is 0 Å². The van der Waals surface area contributed by atoms with E-state index in [1.165, 1.54) is 12.8 Å². The van der Waals surface area contributed by atoms with Crippen molar-refractivity contribution in [1.82, 2.24) is 20.1 Å². The minimum absolute atomic E-state index is 0.401. The molecule has 0 aliphatic rings. The Hall–Kier alpha value is -0.900. The Labute approximate surface area is 105 Å². The summed E-state index contributed by atoms with van der Waals surface area (Å²) in [7, 11) is 0. The van der Waals surface area contributed by atoms with Crippen LogP contribution in [0.5, 0.6) is 0 Å². The summed E-state index contributed by atoms with van der Waals surface area (Å²) in [5.41, 5.74) is 0. The summed E-state index contributed by atoms with van der Waals surface area (Å²) in [5.74, 6) is 1.77. The fourth-order valence-corrected chi connectivity index (χ4v) is 1.92. The van der Waals surface area contributed by atoms with Gasteiger partial charge in [0.1, 0.15) is 12.2 Å². The van der Waals surface area contributed by atoms with Crippen LogP contribution < -0.4 is 5.32 Å². The molecule has 1 atom stereocenters. The van der Waals surface area contributed by atoms with Gasteiger partial charge in [0, 0.05) is 12.5 Å². The van der Waals surface area contributed by atoms with E-state index >= 15 is 0 Å². The molecule has 0 fully saturated rings. The second-order valence-electron chi connectivity index (χ2n) is 5.06. The highest BCUT2D eigenvalue weighted by atomic mass is 15.3. The van der Waals surface area contributed by atoms with Crippen LogP contribution in [0.1, 0.15) is 52.4 Å². The van der Waals surface area contributed by atoms with Crippen LogP contribution in [0.15, 0.2) is 6.33 Å². The summed E-state index contributed by atoms with van der Waals surface area (Å²) in [6, 6.07) is 0.401. The van der Waals surface area contributed by atoms with Crippen molar-refractivity contribution in [2.75, 3.05) is 13.1 Å². The third-order valence-electron chi connectivity index (χ3n) is 2.91. The van der Waals surface area contributed by atoms with Gasteiger partial charge in [-0.15, -0.1) is 0 Å². The first-order valence-electron chi connectivity index (χ1n) is 6.74. The van der Waals surface area contributed by atoms with E-state index in [0.717, 1.165) is 25.3 Å². The zero-order valence-electron chi connectivity index (χ0n) is 11.6. The lowest BCUT2D eigenvalue weighted by Crippen LogP contribution is -2.19. The van der Waals surface area contributed by atoms with Gasteiger partial charge in [-0.3, -0.25) is 0 Å². The Kier molecular flexibility index (Phi) is 6.19. The van der Waals surface area contributed by atoms with Crippen molar-refractivity contribution in [2.45, 2.75) is 53.0 Å². The number of nitrogens with zero attached hydrogens (tertiary/aromatic N) is 3. The van der Waals surface area contributed by atoms with Crippen LogP contribution in [0.4, 0.5) is 0 Å². The van der Waals surface area contributed by atoms with Gasteiger partial charge >= 0.3 is 0 Å². The Balaban J connectivity index is 2.34. The number of hydrogen-bond acceptors (Lipinski definition) is 3. The quantitative estimate of drug-likeness (QED) is 0.707. The maximum Gasteiger partial charge on any atom is 0.138 e. The monoisotopic (exact) mass is 238 g/mol. The molecule has 0 aliphatic heterocycles. The molecule has 1 rings (SSSR count). The standard InChI is InChI=1S/C13H26N4/c1-5-7-14-8-6-12(4)9-13-15-10-16-17(13)11(2)3/h10-12,14H,5-9H2,1-4H3. The van der Waals surface area contributed by atoms with Crippen LogP contribution in [0, 0.1) is 5.92 Å². The molecule has 1 heterocycles. The van der Waals surface area contributed by atoms with Crippen LogP contribution >= 0.6 is 0 Å². The molecular weight excluding hydrogens is 212 g/mol. The van der Waals surface area contributed by atoms with E-state index in [9.17, 15) is 0 Å². The smallest absolute Gasteiger partial charge is 0.138 e. The predicted molar refractivity (Wildman–Crippen MR) is 71.1 cm³/mol. The average Bonchev–Trinajstić information content (AvgIpc) is 2.72. The molecule has 0 aromatic carbocycles. The zero-order valence-corrected chi connectivity index (χ0v) is 11.6.